The van der Waals surface area contributed by atoms with E-state index in [4.69, 9.17) is 0 Å². The van der Waals surface area contributed by atoms with E-state index in [2.05, 4.69) is 18.8 Å². The Morgan fingerprint density at radius 2 is 2.44 bits per heavy atom. The predicted octanol–water partition coefficient (Wildman–Crippen LogP) is 1.91. The van der Waals surface area contributed by atoms with E-state index < -0.39 is 0 Å². The van der Waals surface area contributed by atoms with Crippen LogP contribution in [0.2, 0.25) is 0 Å². The summed E-state index contributed by atoms with van der Waals surface area (Å²) in [7, 11) is 0. The van der Waals surface area contributed by atoms with Gasteiger partial charge in [0.05, 0.1) is 0 Å². The minimum atomic E-state index is 0.837. The van der Waals surface area contributed by atoms with Crippen molar-refractivity contribution in [2.24, 2.45) is 5.92 Å². The Labute approximate surface area is 57.1 Å². The summed E-state index contributed by atoms with van der Waals surface area (Å²) >= 11 is 0. The maximum absolute atomic E-state index is 3.90. The first-order valence-electron chi connectivity index (χ1n) is 3.70. The van der Waals surface area contributed by atoms with E-state index in [9.17, 15) is 0 Å². The van der Waals surface area contributed by atoms with Crippen LogP contribution in [0.3, 0.4) is 0 Å². The van der Waals surface area contributed by atoms with Gasteiger partial charge in [0.1, 0.15) is 0 Å². The molecule has 1 heterocycles. The molecule has 0 amide bonds. The first-order valence-corrected chi connectivity index (χ1v) is 3.70. The Morgan fingerprint density at radius 3 is 3.22 bits per heavy atom. The maximum atomic E-state index is 3.90. The molecule has 9 heavy (non-hydrogen) atoms. The molecule has 1 fully saturated rings. The molecule has 1 atom stereocenters. The van der Waals surface area contributed by atoms with Gasteiger partial charge in [0.15, 0.2) is 0 Å². The van der Waals surface area contributed by atoms with E-state index >= 15 is 0 Å². The van der Waals surface area contributed by atoms with Crippen LogP contribution >= 0.6 is 0 Å². The molecule has 0 radical (unpaired) electrons. The lowest BCUT2D eigenvalue weighted by Gasteiger charge is -2.06. The Kier molecular flexibility index (Phi) is 2.15. The zero-order valence-electron chi connectivity index (χ0n) is 6.11. The normalized spacial score (nSPS) is 29.0. The SMILES string of the molecule is C=C1CCCC(C)CN1. The zero-order chi connectivity index (χ0) is 6.69. The van der Waals surface area contributed by atoms with Gasteiger partial charge in [0, 0.05) is 12.2 Å². The van der Waals surface area contributed by atoms with Crippen LogP contribution in [0.4, 0.5) is 0 Å². The fourth-order valence-electron chi connectivity index (χ4n) is 1.17. The third-order valence-electron chi connectivity index (χ3n) is 1.88. The Balaban J connectivity index is 2.34. The Bertz CT molecular complexity index is 107. The van der Waals surface area contributed by atoms with Gasteiger partial charge < -0.3 is 5.32 Å². The molecule has 1 rings (SSSR count). The second-order valence-corrected chi connectivity index (χ2v) is 2.98. The Hall–Kier alpha value is -0.460. The molecule has 1 nitrogen and oxygen atoms in total. The van der Waals surface area contributed by atoms with E-state index in [1.807, 2.05) is 0 Å². The topological polar surface area (TPSA) is 12.0 Å². The maximum Gasteiger partial charge on any atom is 0.0169 e. The molecule has 0 bridgehead atoms. The van der Waals surface area contributed by atoms with Gasteiger partial charge in [-0.05, 0) is 25.2 Å². The summed E-state index contributed by atoms with van der Waals surface area (Å²) < 4.78 is 0. The van der Waals surface area contributed by atoms with Crippen molar-refractivity contribution in [2.45, 2.75) is 26.2 Å². The molecule has 1 N–H and O–H groups in total. The van der Waals surface area contributed by atoms with E-state index in [0.717, 1.165) is 12.5 Å². The number of hydrogen-bond acceptors (Lipinski definition) is 1. The summed E-state index contributed by atoms with van der Waals surface area (Å²) in [4.78, 5) is 0. The number of nitrogens with one attached hydrogen (secondary N) is 1. The predicted molar refractivity (Wildman–Crippen MR) is 40.2 cm³/mol. The highest BCUT2D eigenvalue weighted by molar-refractivity contribution is 4.93. The highest BCUT2D eigenvalue weighted by Crippen LogP contribution is 2.13. The largest absolute Gasteiger partial charge is 0.389 e. The van der Waals surface area contributed by atoms with Crippen LogP contribution in [-0.2, 0) is 0 Å². The average molecular weight is 125 g/mol. The van der Waals surface area contributed by atoms with Crippen LogP contribution < -0.4 is 5.32 Å². The van der Waals surface area contributed by atoms with Crippen LogP contribution in [0, 0.1) is 5.92 Å². The number of rotatable bonds is 0. The van der Waals surface area contributed by atoms with Crippen molar-refractivity contribution >= 4 is 0 Å². The summed E-state index contributed by atoms with van der Waals surface area (Å²) in [6, 6.07) is 0. The van der Waals surface area contributed by atoms with Crippen molar-refractivity contribution in [3.8, 4) is 0 Å². The average Bonchev–Trinajstić information content (AvgIpc) is 1.97. The van der Waals surface area contributed by atoms with Crippen LogP contribution in [0.5, 0.6) is 0 Å². The van der Waals surface area contributed by atoms with Gasteiger partial charge >= 0.3 is 0 Å². The molecule has 0 aromatic carbocycles. The van der Waals surface area contributed by atoms with Crippen LogP contribution in [0.25, 0.3) is 0 Å². The van der Waals surface area contributed by atoms with E-state index in [0.29, 0.717) is 0 Å². The van der Waals surface area contributed by atoms with Gasteiger partial charge in [-0.2, -0.15) is 0 Å². The lowest BCUT2D eigenvalue weighted by atomic mass is 10.1. The van der Waals surface area contributed by atoms with Crippen molar-refractivity contribution in [1.29, 1.82) is 0 Å². The third-order valence-corrected chi connectivity index (χ3v) is 1.88. The van der Waals surface area contributed by atoms with Crippen LogP contribution in [-0.4, -0.2) is 6.54 Å². The molecule has 0 aromatic rings. The van der Waals surface area contributed by atoms with Gasteiger partial charge in [-0.3, -0.25) is 0 Å². The number of allylic oxidation sites excluding steroid dienone is 1. The standard InChI is InChI=1S/C8H15N/c1-7-4-3-5-8(2)9-6-7/h7,9H,2-6H2,1H3. The molecule has 0 spiro atoms. The second kappa shape index (κ2) is 2.90. The molecular weight excluding hydrogens is 110 g/mol. The van der Waals surface area contributed by atoms with Gasteiger partial charge in [0.2, 0.25) is 0 Å². The fraction of sp³-hybridized carbons (Fsp3) is 0.750. The van der Waals surface area contributed by atoms with E-state index in [1.165, 1.54) is 25.0 Å². The lowest BCUT2D eigenvalue weighted by Crippen LogP contribution is -2.16. The van der Waals surface area contributed by atoms with Crippen LogP contribution in [0.15, 0.2) is 12.3 Å². The first kappa shape index (κ1) is 6.66. The van der Waals surface area contributed by atoms with Crippen molar-refractivity contribution in [2.75, 3.05) is 6.54 Å². The molecular formula is C8H15N. The summed E-state index contributed by atoms with van der Waals surface area (Å²) in [5.41, 5.74) is 1.22. The van der Waals surface area contributed by atoms with Crippen LogP contribution in [0.1, 0.15) is 26.2 Å². The Morgan fingerprint density at radius 1 is 1.67 bits per heavy atom. The zero-order valence-corrected chi connectivity index (χ0v) is 6.11. The first-order chi connectivity index (χ1) is 4.29. The molecule has 1 saturated heterocycles. The molecule has 0 saturated carbocycles. The van der Waals surface area contributed by atoms with Gasteiger partial charge in [-0.1, -0.05) is 13.5 Å². The molecule has 0 aliphatic carbocycles. The van der Waals surface area contributed by atoms with Crippen molar-refractivity contribution in [3.05, 3.63) is 12.3 Å². The summed E-state index contributed by atoms with van der Waals surface area (Å²) in [5, 5.41) is 3.30. The molecule has 52 valence electrons. The number of hydrogen-bond donors (Lipinski definition) is 1. The smallest absolute Gasteiger partial charge is 0.0169 e. The highest BCUT2D eigenvalue weighted by atomic mass is 14.9. The summed E-state index contributed by atoms with van der Waals surface area (Å²) in [6.45, 7) is 7.30. The summed E-state index contributed by atoms with van der Waals surface area (Å²) in [6.07, 6.45) is 3.84. The molecule has 0 aromatic heterocycles. The molecule has 1 heteroatoms. The van der Waals surface area contributed by atoms with E-state index in [-0.39, 0.29) is 0 Å². The van der Waals surface area contributed by atoms with Gasteiger partial charge in [-0.15, -0.1) is 0 Å². The quantitative estimate of drug-likeness (QED) is 0.521. The van der Waals surface area contributed by atoms with Crippen molar-refractivity contribution < 1.29 is 0 Å². The minimum Gasteiger partial charge on any atom is -0.389 e. The molecule has 1 aliphatic heterocycles. The monoisotopic (exact) mass is 125 g/mol. The third kappa shape index (κ3) is 2.08. The van der Waals surface area contributed by atoms with Crippen molar-refractivity contribution in [1.82, 2.24) is 5.32 Å². The minimum absolute atomic E-state index is 0.837. The summed E-state index contributed by atoms with van der Waals surface area (Å²) in [5.74, 6) is 0.837. The fourth-order valence-corrected chi connectivity index (χ4v) is 1.17. The molecule has 1 aliphatic rings. The van der Waals surface area contributed by atoms with Gasteiger partial charge in [0.25, 0.3) is 0 Å². The molecule has 1 unspecified atom stereocenters. The van der Waals surface area contributed by atoms with E-state index in [1.54, 1.807) is 0 Å². The highest BCUT2D eigenvalue weighted by Gasteiger charge is 2.06. The van der Waals surface area contributed by atoms with Gasteiger partial charge in [-0.25, -0.2) is 0 Å². The second-order valence-electron chi connectivity index (χ2n) is 2.98. The lowest BCUT2D eigenvalue weighted by molar-refractivity contribution is 0.528. The van der Waals surface area contributed by atoms with Crippen molar-refractivity contribution in [3.63, 3.8) is 0 Å².